The number of halogens is 1. The summed E-state index contributed by atoms with van der Waals surface area (Å²) in [6.07, 6.45) is 0. The molecule has 0 aliphatic carbocycles. The van der Waals surface area contributed by atoms with Crippen molar-refractivity contribution in [1.29, 1.82) is 0 Å². The van der Waals surface area contributed by atoms with Gasteiger partial charge in [0.15, 0.2) is 6.61 Å². The summed E-state index contributed by atoms with van der Waals surface area (Å²) in [4.78, 5) is 24.5. The molecule has 29 heavy (non-hydrogen) atoms. The Labute approximate surface area is 169 Å². The number of aromatic nitrogens is 1. The third-order valence-electron chi connectivity index (χ3n) is 4.71. The Kier molecular flexibility index (Phi) is 6.12. The number of carbonyl (C=O) groups is 2. The molecule has 150 valence electrons. The molecule has 3 aromatic rings. The van der Waals surface area contributed by atoms with E-state index in [4.69, 9.17) is 4.74 Å². The molecule has 1 N–H and O–H groups in total. The van der Waals surface area contributed by atoms with Crippen molar-refractivity contribution >= 4 is 17.6 Å². The summed E-state index contributed by atoms with van der Waals surface area (Å²) in [6, 6.07) is 16.2. The summed E-state index contributed by atoms with van der Waals surface area (Å²) in [5, 5.41) is 2.41. The Balaban J connectivity index is 1.63. The van der Waals surface area contributed by atoms with E-state index in [1.165, 1.54) is 12.1 Å². The molecule has 5 nitrogen and oxygen atoms in total. The van der Waals surface area contributed by atoms with E-state index in [1.54, 1.807) is 19.1 Å². The maximum absolute atomic E-state index is 13.8. The molecule has 3 rings (SSSR count). The van der Waals surface area contributed by atoms with Crippen molar-refractivity contribution < 1.29 is 18.7 Å². The second-order valence-electron chi connectivity index (χ2n) is 6.96. The maximum atomic E-state index is 13.8. The summed E-state index contributed by atoms with van der Waals surface area (Å²) >= 11 is 0. The van der Waals surface area contributed by atoms with Gasteiger partial charge in [0.25, 0.3) is 5.91 Å². The number of nitrogens with one attached hydrogen (secondary N) is 1. The lowest BCUT2D eigenvalue weighted by Gasteiger charge is -2.10. The summed E-state index contributed by atoms with van der Waals surface area (Å²) in [5.41, 5.74) is 4.02. The third-order valence-corrected chi connectivity index (χ3v) is 4.71. The second-order valence-corrected chi connectivity index (χ2v) is 6.96. The molecular formula is C23H23FN2O3. The van der Waals surface area contributed by atoms with Gasteiger partial charge in [0, 0.05) is 17.9 Å². The number of nitrogens with zero attached hydrogens (tertiary/aromatic N) is 1. The van der Waals surface area contributed by atoms with E-state index in [1.807, 2.05) is 48.7 Å². The molecule has 0 spiro atoms. The van der Waals surface area contributed by atoms with E-state index in [9.17, 15) is 14.0 Å². The molecule has 2 aromatic carbocycles. The van der Waals surface area contributed by atoms with Crippen molar-refractivity contribution in [3.05, 3.63) is 88.5 Å². The zero-order chi connectivity index (χ0) is 21.0. The standard InChI is InChI=1S/C23H23FN2O3/c1-15-9-10-21(20(24)11-15)25-22(27)14-29-23(28)19-12-16(2)26(17(19)3)13-18-7-5-4-6-8-18/h4-12H,13-14H2,1-3H3,(H,25,27). The van der Waals surface area contributed by atoms with Gasteiger partial charge in [0.05, 0.1) is 11.3 Å². The number of hydrogen-bond acceptors (Lipinski definition) is 3. The summed E-state index contributed by atoms with van der Waals surface area (Å²) in [6.45, 7) is 5.66. The molecule has 1 heterocycles. The predicted molar refractivity (Wildman–Crippen MR) is 109 cm³/mol. The topological polar surface area (TPSA) is 60.3 Å². The number of hydrogen-bond donors (Lipinski definition) is 1. The van der Waals surface area contributed by atoms with E-state index in [2.05, 4.69) is 5.32 Å². The Morgan fingerprint density at radius 1 is 1.03 bits per heavy atom. The Bertz CT molecular complexity index is 1040. The molecule has 1 amide bonds. The minimum Gasteiger partial charge on any atom is -0.452 e. The van der Waals surface area contributed by atoms with Crippen LogP contribution in [0.25, 0.3) is 0 Å². The van der Waals surface area contributed by atoms with Gasteiger partial charge in [-0.3, -0.25) is 4.79 Å². The highest BCUT2D eigenvalue weighted by Gasteiger charge is 2.18. The molecule has 6 heteroatoms. The van der Waals surface area contributed by atoms with Crippen LogP contribution >= 0.6 is 0 Å². The van der Waals surface area contributed by atoms with Gasteiger partial charge in [0.2, 0.25) is 0 Å². The molecule has 0 fully saturated rings. The van der Waals surface area contributed by atoms with Crippen LogP contribution in [0.4, 0.5) is 10.1 Å². The molecular weight excluding hydrogens is 371 g/mol. The number of carbonyl (C=O) groups excluding carboxylic acids is 2. The molecule has 1 aromatic heterocycles. The molecule has 0 saturated heterocycles. The van der Waals surface area contributed by atoms with Crippen molar-refractivity contribution in [3.8, 4) is 0 Å². The van der Waals surface area contributed by atoms with Crippen LogP contribution in [0, 0.1) is 26.6 Å². The van der Waals surface area contributed by atoms with Crippen molar-refractivity contribution in [2.24, 2.45) is 0 Å². The van der Waals surface area contributed by atoms with E-state index < -0.39 is 24.3 Å². The van der Waals surface area contributed by atoms with Crippen LogP contribution < -0.4 is 5.32 Å². The Morgan fingerprint density at radius 2 is 1.76 bits per heavy atom. The van der Waals surface area contributed by atoms with Crippen molar-refractivity contribution in [2.45, 2.75) is 27.3 Å². The van der Waals surface area contributed by atoms with Crippen LogP contribution in [0.3, 0.4) is 0 Å². The van der Waals surface area contributed by atoms with Gasteiger partial charge in [-0.2, -0.15) is 0 Å². The maximum Gasteiger partial charge on any atom is 0.340 e. The SMILES string of the molecule is Cc1ccc(NC(=O)COC(=O)c2cc(C)n(Cc3ccccc3)c2C)c(F)c1. The number of aryl methyl sites for hydroxylation is 2. The van der Waals surface area contributed by atoms with Crippen LogP contribution in [0.5, 0.6) is 0 Å². The zero-order valence-electron chi connectivity index (χ0n) is 16.7. The van der Waals surface area contributed by atoms with Crippen LogP contribution in [0.2, 0.25) is 0 Å². The lowest BCUT2D eigenvalue weighted by molar-refractivity contribution is -0.119. The molecule has 0 radical (unpaired) electrons. The number of ether oxygens (including phenoxy) is 1. The predicted octanol–water partition coefficient (Wildman–Crippen LogP) is 4.40. The van der Waals surface area contributed by atoms with Gasteiger partial charge in [-0.1, -0.05) is 36.4 Å². The first kappa shape index (κ1) is 20.3. The third kappa shape index (κ3) is 4.90. The summed E-state index contributed by atoms with van der Waals surface area (Å²) < 4.78 is 21.0. The number of amides is 1. The first-order valence-electron chi connectivity index (χ1n) is 9.29. The van der Waals surface area contributed by atoms with Crippen LogP contribution in [-0.4, -0.2) is 23.1 Å². The lowest BCUT2D eigenvalue weighted by Crippen LogP contribution is -2.21. The lowest BCUT2D eigenvalue weighted by atomic mass is 10.2. The average Bonchev–Trinajstić information content (AvgIpc) is 2.97. The fourth-order valence-electron chi connectivity index (χ4n) is 3.13. The normalized spacial score (nSPS) is 10.6. The van der Waals surface area contributed by atoms with Gasteiger partial charge < -0.3 is 14.6 Å². The van der Waals surface area contributed by atoms with E-state index in [0.29, 0.717) is 12.1 Å². The highest BCUT2D eigenvalue weighted by atomic mass is 19.1. The number of anilines is 1. The van der Waals surface area contributed by atoms with Gasteiger partial charge in [0.1, 0.15) is 5.82 Å². The monoisotopic (exact) mass is 394 g/mol. The molecule has 0 aliphatic heterocycles. The highest BCUT2D eigenvalue weighted by Crippen LogP contribution is 2.19. The first-order chi connectivity index (χ1) is 13.8. The van der Waals surface area contributed by atoms with Crippen molar-refractivity contribution in [2.75, 3.05) is 11.9 Å². The molecule has 0 unspecified atom stereocenters. The number of rotatable bonds is 6. The Morgan fingerprint density at radius 3 is 2.45 bits per heavy atom. The average molecular weight is 394 g/mol. The van der Waals surface area contributed by atoms with Crippen LogP contribution in [-0.2, 0) is 16.1 Å². The fourth-order valence-corrected chi connectivity index (χ4v) is 3.13. The summed E-state index contributed by atoms with van der Waals surface area (Å²) in [5.74, 6) is -1.72. The molecule has 0 aliphatic rings. The highest BCUT2D eigenvalue weighted by molar-refractivity contribution is 5.96. The minimum absolute atomic E-state index is 0.0534. The van der Waals surface area contributed by atoms with Gasteiger partial charge in [-0.25, -0.2) is 9.18 Å². The first-order valence-corrected chi connectivity index (χ1v) is 9.29. The number of esters is 1. The number of benzene rings is 2. The smallest absolute Gasteiger partial charge is 0.340 e. The minimum atomic E-state index is -0.598. The molecule has 0 saturated carbocycles. The van der Waals surface area contributed by atoms with E-state index >= 15 is 0 Å². The zero-order valence-corrected chi connectivity index (χ0v) is 16.7. The second kappa shape index (κ2) is 8.73. The van der Waals surface area contributed by atoms with Crippen molar-refractivity contribution in [1.82, 2.24) is 4.57 Å². The van der Waals surface area contributed by atoms with E-state index in [-0.39, 0.29) is 5.69 Å². The molecule has 0 atom stereocenters. The summed E-state index contributed by atoms with van der Waals surface area (Å²) in [7, 11) is 0. The fraction of sp³-hybridized carbons (Fsp3) is 0.217. The van der Waals surface area contributed by atoms with Crippen LogP contribution in [0.1, 0.15) is 32.9 Å². The van der Waals surface area contributed by atoms with Gasteiger partial charge in [-0.15, -0.1) is 0 Å². The van der Waals surface area contributed by atoms with Gasteiger partial charge >= 0.3 is 5.97 Å². The Hall–Kier alpha value is -3.41. The largest absolute Gasteiger partial charge is 0.452 e. The molecule has 0 bridgehead atoms. The van der Waals surface area contributed by atoms with Crippen LogP contribution in [0.15, 0.2) is 54.6 Å². The van der Waals surface area contributed by atoms with Gasteiger partial charge in [-0.05, 0) is 50.1 Å². The quantitative estimate of drug-likeness (QED) is 0.631. The van der Waals surface area contributed by atoms with E-state index in [0.717, 1.165) is 22.5 Å². The van der Waals surface area contributed by atoms with Crippen molar-refractivity contribution in [3.63, 3.8) is 0 Å².